The second kappa shape index (κ2) is 6.28. The van der Waals surface area contributed by atoms with E-state index in [0.29, 0.717) is 11.8 Å². The first kappa shape index (κ1) is 11.8. The van der Waals surface area contributed by atoms with Crippen LogP contribution in [0.4, 0.5) is 0 Å². The molecule has 0 bridgehead atoms. The first-order valence-corrected chi connectivity index (χ1v) is 6.08. The summed E-state index contributed by atoms with van der Waals surface area (Å²) in [6.45, 7) is 2.95. The molecule has 2 nitrogen and oxygen atoms in total. The van der Waals surface area contributed by atoms with Crippen LogP contribution in [0.25, 0.3) is 0 Å². The normalized spacial score (nSPS) is 17.9. The number of amides is 1. The zero-order valence-corrected chi connectivity index (χ0v) is 9.65. The van der Waals surface area contributed by atoms with Gasteiger partial charge in [0.05, 0.1) is 0 Å². The van der Waals surface area contributed by atoms with Crippen LogP contribution in [-0.4, -0.2) is 18.3 Å². The second-order valence-electron chi connectivity index (χ2n) is 4.40. The lowest BCUT2D eigenvalue weighted by Gasteiger charge is -2.07. The van der Waals surface area contributed by atoms with Gasteiger partial charge in [-0.05, 0) is 37.5 Å². The Bertz CT molecular complexity index is 180. The van der Waals surface area contributed by atoms with E-state index in [1.807, 2.05) is 0 Å². The van der Waals surface area contributed by atoms with Crippen LogP contribution in [0.15, 0.2) is 0 Å². The van der Waals surface area contributed by atoms with Gasteiger partial charge in [-0.1, -0.05) is 6.92 Å². The van der Waals surface area contributed by atoms with E-state index in [2.05, 4.69) is 12.2 Å². The largest absolute Gasteiger partial charge is 0.356 e. The summed E-state index contributed by atoms with van der Waals surface area (Å²) < 4.78 is 0. The van der Waals surface area contributed by atoms with E-state index in [4.69, 9.17) is 11.6 Å². The molecule has 0 aliphatic heterocycles. The second-order valence-corrected chi connectivity index (χ2v) is 4.71. The molecule has 1 saturated carbocycles. The summed E-state index contributed by atoms with van der Waals surface area (Å²) in [5.74, 6) is 2.20. The molecule has 14 heavy (non-hydrogen) atoms. The van der Waals surface area contributed by atoms with Crippen LogP contribution in [0.3, 0.4) is 0 Å². The molecule has 1 aliphatic rings. The predicted octanol–water partition coefficient (Wildman–Crippen LogP) is 2.56. The molecule has 0 aromatic heterocycles. The first-order chi connectivity index (χ1) is 6.72. The Balaban J connectivity index is 1.89. The minimum Gasteiger partial charge on any atom is -0.356 e. The topological polar surface area (TPSA) is 29.1 Å². The highest BCUT2D eigenvalue weighted by Crippen LogP contribution is 2.31. The van der Waals surface area contributed by atoms with Crippen molar-refractivity contribution >= 4 is 17.5 Å². The lowest BCUT2D eigenvalue weighted by atomic mass is 10.1. The molecular weight excluding hydrogens is 198 g/mol. The van der Waals surface area contributed by atoms with E-state index >= 15 is 0 Å². The molecular formula is C11H20ClNO. The molecule has 1 aliphatic carbocycles. The standard InChI is InChI=1S/C11H20ClNO/c1-9(8-12)3-2-6-13-11(14)7-10-4-5-10/h9-10H,2-8H2,1H3,(H,13,14). The van der Waals surface area contributed by atoms with Crippen molar-refractivity contribution in [3.05, 3.63) is 0 Å². The Hall–Kier alpha value is -0.240. The molecule has 1 atom stereocenters. The third-order valence-corrected chi connectivity index (χ3v) is 3.16. The number of alkyl halides is 1. The maximum absolute atomic E-state index is 11.3. The molecule has 0 heterocycles. The van der Waals surface area contributed by atoms with Crippen molar-refractivity contribution in [1.29, 1.82) is 0 Å². The summed E-state index contributed by atoms with van der Waals surface area (Å²) in [4.78, 5) is 11.3. The minimum atomic E-state index is 0.228. The molecule has 82 valence electrons. The Kier molecular flexibility index (Phi) is 5.31. The molecule has 1 unspecified atom stereocenters. The van der Waals surface area contributed by atoms with Crippen LogP contribution in [0.2, 0.25) is 0 Å². The molecule has 1 amide bonds. The number of nitrogens with one attached hydrogen (secondary N) is 1. The van der Waals surface area contributed by atoms with Gasteiger partial charge in [0.2, 0.25) is 5.91 Å². The lowest BCUT2D eigenvalue weighted by molar-refractivity contribution is -0.121. The van der Waals surface area contributed by atoms with E-state index in [0.717, 1.165) is 31.7 Å². The predicted molar refractivity (Wildman–Crippen MR) is 59.5 cm³/mol. The summed E-state index contributed by atoms with van der Waals surface area (Å²) in [5, 5.41) is 2.95. The van der Waals surface area contributed by atoms with Gasteiger partial charge in [0.1, 0.15) is 0 Å². The Morgan fingerprint density at radius 2 is 2.29 bits per heavy atom. The molecule has 0 aromatic carbocycles. The molecule has 0 spiro atoms. The third-order valence-electron chi connectivity index (χ3n) is 2.63. The van der Waals surface area contributed by atoms with Gasteiger partial charge in [-0.3, -0.25) is 4.79 Å². The fourth-order valence-electron chi connectivity index (χ4n) is 1.41. The van der Waals surface area contributed by atoms with Crippen molar-refractivity contribution in [2.75, 3.05) is 12.4 Å². The molecule has 1 N–H and O–H groups in total. The van der Waals surface area contributed by atoms with Gasteiger partial charge in [-0.15, -0.1) is 11.6 Å². The molecule has 0 radical (unpaired) electrons. The van der Waals surface area contributed by atoms with Gasteiger partial charge < -0.3 is 5.32 Å². The van der Waals surface area contributed by atoms with Crippen molar-refractivity contribution in [1.82, 2.24) is 5.32 Å². The number of hydrogen-bond acceptors (Lipinski definition) is 1. The van der Waals surface area contributed by atoms with Crippen molar-refractivity contribution < 1.29 is 4.79 Å². The number of hydrogen-bond donors (Lipinski definition) is 1. The van der Waals surface area contributed by atoms with Gasteiger partial charge in [0.25, 0.3) is 0 Å². The van der Waals surface area contributed by atoms with E-state index < -0.39 is 0 Å². The van der Waals surface area contributed by atoms with Crippen molar-refractivity contribution in [3.8, 4) is 0 Å². The summed E-state index contributed by atoms with van der Waals surface area (Å²) >= 11 is 5.68. The highest BCUT2D eigenvalue weighted by atomic mass is 35.5. The highest BCUT2D eigenvalue weighted by Gasteiger charge is 2.23. The summed E-state index contributed by atoms with van der Waals surface area (Å²) in [7, 11) is 0. The number of carbonyl (C=O) groups is 1. The van der Waals surface area contributed by atoms with Crippen LogP contribution < -0.4 is 5.32 Å². The fraction of sp³-hybridized carbons (Fsp3) is 0.909. The maximum Gasteiger partial charge on any atom is 0.220 e. The van der Waals surface area contributed by atoms with E-state index in [1.54, 1.807) is 0 Å². The molecule has 1 rings (SSSR count). The zero-order valence-electron chi connectivity index (χ0n) is 8.89. The lowest BCUT2D eigenvalue weighted by Crippen LogP contribution is -2.24. The Labute approximate surface area is 91.4 Å². The number of carbonyl (C=O) groups excluding carboxylic acids is 1. The van der Waals surface area contributed by atoms with Crippen molar-refractivity contribution in [3.63, 3.8) is 0 Å². The Morgan fingerprint density at radius 1 is 1.57 bits per heavy atom. The van der Waals surface area contributed by atoms with Crippen molar-refractivity contribution in [2.45, 2.75) is 39.0 Å². The van der Waals surface area contributed by atoms with Gasteiger partial charge >= 0.3 is 0 Å². The van der Waals surface area contributed by atoms with Gasteiger partial charge in [0, 0.05) is 18.8 Å². The van der Waals surface area contributed by atoms with Gasteiger partial charge in [-0.2, -0.15) is 0 Å². The smallest absolute Gasteiger partial charge is 0.220 e. The highest BCUT2D eigenvalue weighted by molar-refractivity contribution is 6.18. The molecule has 0 aromatic rings. The molecule has 1 fully saturated rings. The van der Waals surface area contributed by atoms with E-state index in [1.165, 1.54) is 12.8 Å². The van der Waals surface area contributed by atoms with Crippen LogP contribution in [-0.2, 0) is 4.79 Å². The molecule has 0 saturated heterocycles. The maximum atomic E-state index is 11.3. The number of halogens is 1. The monoisotopic (exact) mass is 217 g/mol. The average Bonchev–Trinajstić information content (AvgIpc) is 2.95. The minimum absolute atomic E-state index is 0.228. The van der Waals surface area contributed by atoms with E-state index in [-0.39, 0.29) is 5.91 Å². The first-order valence-electron chi connectivity index (χ1n) is 5.55. The van der Waals surface area contributed by atoms with Crippen LogP contribution in [0, 0.1) is 11.8 Å². The van der Waals surface area contributed by atoms with Crippen molar-refractivity contribution in [2.24, 2.45) is 11.8 Å². The Morgan fingerprint density at radius 3 is 2.86 bits per heavy atom. The van der Waals surface area contributed by atoms with Crippen LogP contribution in [0.5, 0.6) is 0 Å². The van der Waals surface area contributed by atoms with E-state index in [9.17, 15) is 4.79 Å². The summed E-state index contributed by atoms with van der Waals surface area (Å²) in [5.41, 5.74) is 0. The average molecular weight is 218 g/mol. The quantitative estimate of drug-likeness (QED) is 0.516. The number of rotatable bonds is 7. The SMILES string of the molecule is CC(CCl)CCCNC(=O)CC1CC1. The van der Waals surface area contributed by atoms with Crippen LogP contribution >= 0.6 is 11.6 Å². The summed E-state index contributed by atoms with van der Waals surface area (Å²) in [6, 6.07) is 0. The van der Waals surface area contributed by atoms with Gasteiger partial charge in [-0.25, -0.2) is 0 Å². The van der Waals surface area contributed by atoms with Crippen LogP contribution in [0.1, 0.15) is 39.0 Å². The zero-order chi connectivity index (χ0) is 10.4. The fourth-order valence-corrected chi connectivity index (χ4v) is 1.57. The summed E-state index contributed by atoms with van der Waals surface area (Å²) in [6.07, 6.45) is 5.38. The van der Waals surface area contributed by atoms with Gasteiger partial charge in [0.15, 0.2) is 0 Å². The molecule has 3 heteroatoms. The third kappa shape index (κ3) is 5.48.